The SMILES string of the molecule is O=C(NCC1(c2ccccc2)CCCCC1)C1CNCCO1. The van der Waals surface area contributed by atoms with E-state index >= 15 is 0 Å². The van der Waals surface area contributed by atoms with Crippen LogP contribution in [0.4, 0.5) is 0 Å². The number of morpholine rings is 1. The van der Waals surface area contributed by atoms with Crippen LogP contribution in [0.5, 0.6) is 0 Å². The van der Waals surface area contributed by atoms with Crippen molar-refractivity contribution >= 4 is 5.91 Å². The zero-order valence-electron chi connectivity index (χ0n) is 13.1. The van der Waals surface area contributed by atoms with Crippen LogP contribution in [0, 0.1) is 0 Å². The Labute approximate surface area is 132 Å². The van der Waals surface area contributed by atoms with Gasteiger partial charge in [0, 0.05) is 25.0 Å². The number of rotatable bonds is 4. The number of ether oxygens (including phenoxy) is 1. The second-order valence-electron chi connectivity index (χ2n) is 6.49. The van der Waals surface area contributed by atoms with Gasteiger partial charge in [0.25, 0.3) is 0 Å². The number of benzene rings is 1. The molecular weight excluding hydrogens is 276 g/mol. The van der Waals surface area contributed by atoms with E-state index in [1.54, 1.807) is 0 Å². The molecule has 0 spiro atoms. The molecule has 2 aliphatic rings. The molecule has 1 amide bonds. The van der Waals surface area contributed by atoms with Crippen LogP contribution in [-0.4, -0.2) is 38.3 Å². The van der Waals surface area contributed by atoms with Crippen molar-refractivity contribution in [3.63, 3.8) is 0 Å². The number of carbonyl (C=O) groups excluding carboxylic acids is 1. The van der Waals surface area contributed by atoms with Crippen molar-refractivity contribution in [3.05, 3.63) is 35.9 Å². The molecule has 1 saturated heterocycles. The van der Waals surface area contributed by atoms with E-state index in [4.69, 9.17) is 4.74 Å². The van der Waals surface area contributed by atoms with Crippen molar-refractivity contribution in [3.8, 4) is 0 Å². The topological polar surface area (TPSA) is 50.4 Å². The molecule has 1 aliphatic heterocycles. The van der Waals surface area contributed by atoms with E-state index in [0.29, 0.717) is 13.2 Å². The third kappa shape index (κ3) is 3.50. The van der Waals surface area contributed by atoms with E-state index in [-0.39, 0.29) is 17.4 Å². The Balaban J connectivity index is 1.67. The number of hydrogen-bond acceptors (Lipinski definition) is 3. The Hall–Kier alpha value is -1.39. The fourth-order valence-electron chi connectivity index (χ4n) is 3.69. The van der Waals surface area contributed by atoms with Gasteiger partial charge in [-0.3, -0.25) is 4.79 Å². The van der Waals surface area contributed by atoms with Gasteiger partial charge in [0.15, 0.2) is 0 Å². The Morgan fingerprint density at radius 2 is 2.00 bits per heavy atom. The molecule has 2 N–H and O–H groups in total. The van der Waals surface area contributed by atoms with E-state index in [1.807, 2.05) is 0 Å². The molecule has 0 radical (unpaired) electrons. The first-order valence-corrected chi connectivity index (χ1v) is 8.46. The maximum absolute atomic E-state index is 12.3. The summed E-state index contributed by atoms with van der Waals surface area (Å²) in [6.45, 7) is 2.78. The summed E-state index contributed by atoms with van der Waals surface area (Å²) in [6.07, 6.45) is 5.75. The molecule has 1 aliphatic carbocycles. The number of carbonyl (C=O) groups is 1. The van der Waals surface area contributed by atoms with E-state index in [1.165, 1.54) is 24.8 Å². The predicted molar refractivity (Wildman–Crippen MR) is 86.8 cm³/mol. The molecule has 1 unspecified atom stereocenters. The molecular formula is C18H26N2O2. The lowest BCUT2D eigenvalue weighted by Crippen LogP contribution is -2.51. The third-order valence-electron chi connectivity index (χ3n) is 5.02. The molecule has 1 heterocycles. The molecule has 22 heavy (non-hydrogen) atoms. The van der Waals surface area contributed by atoms with Gasteiger partial charge in [-0.1, -0.05) is 49.6 Å². The predicted octanol–water partition coefficient (Wildman–Crippen LogP) is 1.99. The largest absolute Gasteiger partial charge is 0.366 e. The summed E-state index contributed by atoms with van der Waals surface area (Å²) < 4.78 is 5.54. The molecule has 1 aromatic carbocycles. The molecule has 4 heteroatoms. The summed E-state index contributed by atoms with van der Waals surface area (Å²) in [5, 5.41) is 6.37. The van der Waals surface area contributed by atoms with Crippen molar-refractivity contribution in [1.82, 2.24) is 10.6 Å². The van der Waals surface area contributed by atoms with Crippen LogP contribution < -0.4 is 10.6 Å². The van der Waals surface area contributed by atoms with E-state index in [9.17, 15) is 4.79 Å². The maximum Gasteiger partial charge on any atom is 0.250 e. The van der Waals surface area contributed by atoms with E-state index in [2.05, 4.69) is 41.0 Å². The van der Waals surface area contributed by atoms with Crippen LogP contribution >= 0.6 is 0 Å². The summed E-state index contributed by atoms with van der Waals surface area (Å²) in [5.74, 6) is 0.0214. The highest BCUT2D eigenvalue weighted by atomic mass is 16.5. The third-order valence-corrected chi connectivity index (χ3v) is 5.02. The van der Waals surface area contributed by atoms with Gasteiger partial charge in [0.05, 0.1) is 6.61 Å². The average molecular weight is 302 g/mol. The van der Waals surface area contributed by atoms with E-state index in [0.717, 1.165) is 25.9 Å². The quantitative estimate of drug-likeness (QED) is 0.894. The zero-order chi connectivity index (χ0) is 15.3. The summed E-state index contributed by atoms with van der Waals surface area (Å²) in [6, 6.07) is 10.7. The van der Waals surface area contributed by atoms with Gasteiger partial charge >= 0.3 is 0 Å². The van der Waals surface area contributed by atoms with Crippen LogP contribution in [0.1, 0.15) is 37.7 Å². The summed E-state index contributed by atoms with van der Waals surface area (Å²) >= 11 is 0. The van der Waals surface area contributed by atoms with Gasteiger partial charge in [0.2, 0.25) is 5.91 Å². The number of nitrogens with one attached hydrogen (secondary N) is 2. The van der Waals surface area contributed by atoms with Crippen LogP contribution in [-0.2, 0) is 14.9 Å². The lowest BCUT2D eigenvalue weighted by molar-refractivity contribution is -0.134. The van der Waals surface area contributed by atoms with Crippen LogP contribution in [0.3, 0.4) is 0 Å². The van der Waals surface area contributed by atoms with E-state index < -0.39 is 0 Å². The molecule has 4 nitrogen and oxygen atoms in total. The van der Waals surface area contributed by atoms with Crippen molar-refractivity contribution in [2.75, 3.05) is 26.2 Å². The molecule has 1 aromatic rings. The Kier molecular flexibility index (Phi) is 5.11. The Bertz CT molecular complexity index is 477. The van der Waals surface area contributed by atoms with Crippen molar-refractivity contribution < 1.29 is 9.53 Å². The van der Waals surface area contributed by atoms with Crippen LogP contribution in [0.15, 0.2) is 30.3 Å². The molecule has 2 fully saturated rings. The van der Waals surface area contributed by atoms with Gasteiger partial charge in [-0.05, 0) is 18.4 Å². The Morgan fingerprint density at radius 3 is 2.68 bits per heavy atom. The second kappa shape index (κ2) is 7.25. The fourth-order valence-corrected chi connectivity index (χ4v) is 3.69. The van der Waals surface area contributed by atoms with Gasteiger partial charge in [-0.25, -0.2) is 0 Å². The second-order valence-corrected chi connectivity index (χ2v) is 6.49. The highest BCUT2D eigenvalue weighted by molar-refractivity contribution is 5.81. The molecule has 0 bridgehead atoms. The minimum Gasteiger partial charge on any atom is -0.366 e. The lowest BCUT2D eigenvalue weighted by atomic mass is 9.69. The standard InChI is InChI=1S/C18H26N2O2/c21-17(16-13-19-11-12-22-16)20-14-18(9-5-2-6-10-18)15-7-3-1-4-8-15/h1,3-4,7-8,16,19H,2,5-6,9-14H2,(H,20,21). The minimum atomic E-state index is -0.342. The van der Waals surface area contributed by atoms with Crippen LogP contribution in [0.25, 0.3) is 0 Å². The molecule has 1 saturated carbocycles. The maximum atomic E-state index is 12.3. The average Bonchev–Trinajstić information content (AvgIpc) is 2.62. The highest BCUT2D eigenvalue weighted by Gasteiger charge is 2.35. The minimum absolute atomic E-state index is 0.0214. The molecule has 1 atom stereocenters. The fraction of sp³-hybridized carbons (Fsp3) is 0.611. The van der Waals surface area contributed by atoms with Gasteiger partial charge in [-0.2, -0.15) is 0 Å². The number of hydrogen-bond donors (Lipinski definition) is 2. The van der Waals surface area contributed by atoms with Crippen molar-refractivity contribution in [1.29, 1.82) is 0 Å². The van der Waals surface area contributed by atoms with Gasteiger partial charge < -0.3 is 15.4 Å². The molecule has 120 valence electrons. The first-order valence-electron chi connectivity index (χ1n) is 8.46. The first kappa shape index (κ1) is 15.5. The van der Waals surface area contributed by atoms with Crippen molar-refractivity contribution in [2.24, 2.45) is 0 Å². The normalized spacial score (nSPS) is 24.6. The van der Waals surface area contributed by atoms with Gasteiger partial charge in [0.1, 0.15) is 6.10 Å². The monoisotopic (exact) mass is 302 g/mol. The lowest BCUT2D eigenvalue weighted by Gasteiger charge is -2.38. The smallest absolute Gasteiger partial charge is 0.250 e. The summed E-state index contributed by atoms with van der Waals surface area (Å²) in [5.41, 5.74) is 1.45. The Morgan fingerprint density at radius 1 is 1.23 bits per heavy atom. The summed E-state index contributed by atoms with van der Waals surface area (Å²) in [7, 11) is 0. The molecule has 0 aromatic heterocycles. The van der Waals surface area contributed by atoms with Crippen LogP contribution in [0.2, 0.25) is 0 Å². The van der Waals surface area contributed by atoms with Crippen molar-refractivity contribution in [2.45, 2.75) is 43.6 Å². The summed E-state index contributed by atoms with van der Waals surface area (Å²) in [4.78, 5) is 12.3. The molecule has 3 rings (SSSR count). The first-order chi connectivity index (χ1) is 10.8. The highest BCUT2D eigenvalue weighted by Crippen LogP contribution is 2.38. The zero-order valence-corrected chi connectivity index (χ0v) is 13.1. The van der Waals surface area contributed by atoms with Gasteiger partial charge in [-0.15, -0.1) is 0 Å². The number of amides is 1.